The lowest BCUT2D eigenvalue weighted by molar-refractivity contribution is 0.107. The van der Waals surface area contributed by atoms with Crippen molar-refractivity contribution < 1.29 is 9.84 Å². The fourth-order valence-corrected chi connectivity index (χ4v) is 2.43. The van der Waals surface area contributed by atoms with E-state index >= 15 is 0 Å². The quantitative estimate of drug-likeness (QED) is 0.658. The monoisotopic (exact) mass is 343 g/mol. The van der Waals surface area contributed by atoms with Gasteiger partial charge in [0.15, 0.2) is 0 Å². The lowest BCUT2D eigenvalue weighted by Gasteiger charge is -2.19. The molecule has 2 N–H and O–H groups in total. The van der Waals surface area contributed by atoms with E-state index < -0.39 is 0 Å². The van der Waals surface area contributed by atoms with E-state index in [0.717, 1.165) is 42.6 Å². The first-order valence-corrected chi connectivity index (χ1v) is 8.13. The fraction of sp³-hybridized carbons (Fsp3) is 0.625. The Labute approximate surface area is 130 Å². The second kappa shape index (κ2) is 9.37. The molecular formula is C16H26BrNO2. The summed E-state index contributed by atoms with van der Waals surface area (Å²) in [5.74, 6) is 0.938. The Morgan fingerprint density at radius 2 is 2.10 bits per heavy atom. The highest BCUT2D eigenvalue weighted by Crippen LogP contribution is 2.29. The summed E-state index contributed by atoms with van der Waals surface area (Å²) in [5, 5.41) is 13.4. The number of ether oxygens (including phenoxy) is 1. The second-order valence-electron chi connectivity index (χ2n) is 5.44. The maximum Gasteiger partial charge on any atom is 0.120 e. The first-order chi connectivity index (χ1) is 9.54. The van der Waals surface area contributed by atoms with Crippen LogP contribution in [-0.2, 0) is 4.74 Å². The molecule has 1 aromatic carbocycles. The van der Waals surface area contributed by atoms with Crippen molar-refractivity contribution in [1.82, 2.24) is 5.32 Å². The molecule has 0 saturated carbocycles. The number of hydrogen-bond donors (Lipinski definition) is 2. The molecule has 0 amide bonds. The molecule has 1 unspecified atom stereocenters. The maximum absolute atomic E-state index is 9.95. The van der Waals surface area contributed by atoms with Gasteiger partial charge in [0, 0.05) is 29.3 Å². The zero-order chi connectivity index (χ0) is 15.0. The number of hydrogen-bond acceptors (Lipinski definition) is 3. The molecule has 0 aromatic heterocycles. The summed E-state index contributed by atoms with van der Waals surface area (Å²) in [5.41, 5.74) is 0.949. The van der Waals surface area contributed by atoms with Gasteiger partial charge in [-0.2, -0.15) is 0 Å². The van der Waals surface area contributed by atoms with E-state index in [4.69, 9.17) is 4.74 Å². The molecule has 0 aliphatic rings. The van der Waals surface area contributed by atoms with Gasteiger partial charge in [-0.1, -0.05) is 36.7 Å². The average Bonchev–Trinajstić information content (AvgIpc) is 2.41. The van der Waals surface area contributed by atoms with E-state index in [1.54, 1.807) is 6.07 Å². The summed E-state index contributed by atoms with van der Waals surface area (Å²) in [4.78, 5) is 0. The van der Waals surface area contributed by atoms with Gasteiger partial charge in [0.05, 0.1) is 0 Å². The molecule has 4 heteroatoms. The molecule has 0 saturated heterocycles. The van der Waals surface area contributed by atoms with Crippen molar-refractivity contribution in [2.75, 3.05) is 19.8 Å². The molecule has 1 aromatic rings. The number of aromatic hydroxyl groups is 1. The molecular weight excluding hydrogens is 318 g/mol. The van der Waals surface area contributed by atoms with Crippen molar-refractivity contribution >= 4 is 15.9 Å². The maximum atomic E-state index is 9.95. The van der Waals surface area contributed by atoms with E-state index in [0.29, 0.717) is 11.7 Å². The molecule has 0 radical (unpaired) electrons. The van der Waals surface area contributed by atoms with Crippen molar-refractivity contribution in [2.24, 2.45) is 5.92 Å². The molecule has 0 fully saturated rings. The van der Waals surface area contributed by atoms with Gasteiger partial charge in [0.1, 0.15) is 5.75 Å². The number of halogens is 1. The van der Waals surface area contributed by atoms with Gasteiger partial charge in [-0.25, -0.2) is 0 Å². The normalized spacial score (nSPS) is 12.8. The van der Waals surface area contributed by atoms with E-state index in [-0.39, 0.29) is 6.04 Å². The van der Waals surface area contributed by atoms with Gasteiger partial charge in [0.25, 0.3) is 0 Å². The van der Waals surface area contributed by atoms with Crippen LogP contribution >= 0.6 is 15.9 Å². The lowest BCUT2D eigenvalue weighted by Crippen LogP contribution is -2.23. The number of phenolic OH excluding ortho intramolecular Hbond substituents is 1. The molecule has 1 rings (SSSR count). The number of rotatable bonds is 9. The molecule has 0 bridgehead atoms. The van der Waals surface area contributed by atoms with Crippen LogP contribution in [-0.4, -0.2) is 24.9 Å². The van der Waals surface area contributed by atoms with E-state index in [1.807, 2.05) is 12.1 Å². The number of phenols is 1. The van der Waals surface area contributed by atoms with Gasteiger partial charge in [-0.05, 0) is 43.5 Å². The Kier molecular flexibility index (Phi) is 8.19. The van der Waals surface area contributed by atoms with Crippen molar-refractivity contribution in [1.29, 1.82) is 0 Å². The van der Waals surface area contributed by atoms with E-state index in [1.165, 1.54) is 0 Å². The predicted octanol–water partition coefficient (Wildman–Crippen LogP) is 4.26. The van der Waals surface area contributed by atoms with Crippen molar-refractivity contribution in [3.8, 4) is 5.75 Å². The molecule has 1 atom stereocenters. The zero-order valence-corrected chi connectivity index (χ0v) is 14.2. The minimum Gasteiger partial charge on any atom is -0.508 e. The van der Waals surface area contributed by atoms with Crippen molar-refractivity contribution in [3.05, 3.63) is 28.2 Å². The van der Waals surface area contributed by atoms with Crippen LogP contribution in [0.5, 0.6) is 5.75 Å². The Bertz CT molecular complexity index is 396. The van der Waals surface area contributed by atoms with Crippen LogP contribution < -0.4 is 5.32 Å². The predicted molar refractivity (Wildman–Crippen MR) is 87.1 cm³/mol. The molecule has 0 aliphatic carbocycles. The third kappa shape index (κ3) is 6.25. The van der Waals surface area contributed by atoms with Gasteiger partial charge in [0.2, 0.25) is 0 Å². The molecule has 0 heterocycles. The highest BCUT2D eigenvalue weighted by molar-refractivity contribution is 9.10. The first kappa shape index (κ1) is 17.5. The van der Waals surface area contributed by atoms with Crippen LogP contribution in [0.4, 0.5) is 0 Å². The Balaban J connectivity index is 2.38. The summed E-state index contributed by atoms with van der Waals surface area (Å²) in [6.45, 7) is 8.92. The second-order valence-corrected chi connectivity index (χ2v) is 6.36. The van der Waals surface area contributed by atoms with Crippen LogP contribution in [0.1, 0.15) is 45.2 Å². The highest BCUT2D eigenvalue weighted by atomic mass is 79.9. The third-order valence-electron chi connectivity index (χ3n) is 3.08. The summed E-state index contributed by atoms with van der Waals surface area (Å²) in [6, 6.07) is 5.74. The van der Waals surface area contributed by atoms with Crippen LogP contribution in [0.15, 0.2) is 22.7 Å². The standard InChI is InChI=1S/C16H26BrNO2/c1-4-15(14-10-13(17)6-7-16(14)19)18-8-5-9-20-11-12(2)3/h6-7,10,12,15,18-19H,4-5,8-9,11H2,1-3H3. The summed E-state index contributed by atoms with van der Waals surface area (Å²) in [6.07, 6.45) is 1.93. The van der Waals surface area contributed by atoms with Gasteiger partial charge < -0.3 is 15.2 Å². The fourth-order valence-electron chi connectivity index (χ4n) is 2.05. The zero-order valence-electron chi connectivity index (χ0n) is 12.7. The largest absolute Gasteiger partial charge is 0.508 e. The highest BCUT2D eigenvalue weighted by Gasteiger charge is 2.13. The molecule has 0 aliphatic heterocycles. The van der Waals surface area contributed by atoms with Crippen LogP contribution in [0.3, 0.4) is 0 Å². The first-order valence-electron chi connectivity index (χ1n) is 7.34. The van der Waals surface area contributed by atoms with Crippen molar-refractivity contribution in [2.45, 2.75) is 39.7 Å². The average molecular weight is 344 g/mol. The van der Waals surface area contributed by atoms with Gasteiger partial charge in [-0.15, -0.1) is 0 Å². The molecule has 3 nitrogen and oxygen atoms in total. The number of nitrogens with one attached hydrogen (secondary N) is 1. The lowest BCUT2D eigenvalue weighted by atomic mass is 10.0. The van der Waals surface area contributed by atoms with Crippen LogP contribution in [0.2, 0.25) is 0 Å². The molecule has 114 valence electrons. The number of benzene rings is 1. The van der Waals surface area contributed by atoms with Gasteiger partial charge >= 0.3 is 0 Å². The Morgan fingerprint density at radius 3 is 2.75 bits per heavy atom. The third-order valence-corrected chi connectivity index (χ3v) is 3.57. The minimum atomic E-state index is 0.178. The summed E-state index contributed by atoms with van der Waals surface area (Å²) in [7, 11) is 0. The smallest absolute Gasteiger partial charge is 0.120 e. The van der Waals surface area contributed by atoms with Crippen LogP contribution in [0.25, 0.3) is 0 Å². The Morgan fingerprint density at radius 1 is 1.35 bits per heavy atom. The summed E-state index contributed by atoms with van der Waals surface area (Å²) >= 11 is 3.45. The topological polar surface area (TPSA) is 41.5 Å². The molecule has 0 spiro atoms. The minimum absolute atomic E-state index is 0.178. The SMILES string of the molecule is CCC(NCCCOCC(C)C)c1cc(Br)ccc1O. The van der Waals surface area contributed by atoms with Crippen LogP contribution in [0, 0.1) is 5.92 Å². The molecule has 20 heavy (non-hydrogen) atoms. The Hall–Kier alpha value is -0.580. The van der Waals surface area contributed by atoms with Crippen molar-refractivity contribution in [3.63, 3.8) is 0 Å². The van der Waals surface area contributed by atoms with E-state index in [9.17, 15) is 5.11 Å². The van der Waals surface area contributed by atoms with E-state index in [2.05, 4.69) is 42.0 Å². The van der Waals surface area contributed by atoms with Gasteiger partial charge in [-0.3, -0.25) is 0 Å². The summed E-state index contributed by atoms with van der Waals surface area (Å²) < 4.78 is 6.55.